The first-order valence-corrected chi connectivity index (χ1v) is 5.82. The van der Waals surface area contributed by atoms with Crippen molar-refractivity contribution in [1.29, 1.82) is 0 Å². The van der Waals surface area contributed by atoms with Crippen molar-refractivity contribution in [2.45, 2.75) is 18.4 Å². The fourth-order valence-electron chi connectivity index (χ4n) is 1.19. The Labute approximate surface area is 83.9 Å². The summed E-state index contributed by atoms with van der Waals surface area (Å²) in [7, 11) is 2.05. The maximum Gasteiger partial charge on any atom is 0.278 e. The van der Waals surface area contributed by atoms with Crippen molar-refractivity contribution in [3.05, 3.63) is 11.3 Å². The third kappa shape index (κ3) is 1.88. The first-order chi connectivity index (χ1) is 6.25. The maximum absolute atomic E-state index is 12.5. The molecule has 0 atom stereocenters. The second kappa shape index (κ2) is 3.47. The molecule has 0 bridgehead atoms. The minimum Gasteiger partial charge on any atom is -0.255 e. The Morgan fingerprint density at radius 3 is 2.29 bits per heavy atom. The van der Waals surface area contributed by atoms with Crippen LogP contribution in [0.5, 0.6) is 0 Å². The molecule has 4 nitrogen and oxygen atoms in total. The van der Waals surface area contributed by atoms with Gasteiger partial charge in [0.1, 0.15) is 0 Å². The zero-order valence-electron chi connectivity index (χ0n) is 7.33. The van der Waals surface area contributed by atoms with Gasteiger partial charge in [0.15, 0.2) is 5.03 Å². The van der Waals surface area contributed by atoms with E-state index in [0.717, 1.165) is 4.68 Å². The van der Waals surface area contributed by atoms with E-state index in [1.165, 1.54) is 14.0 Å². The van der Waals surface area contributed by atoms with E-state index in [1.54, 1.807) is 0 Å². The van der Waals surface area contributed by atoms with Gasteiger partial charge in [-0.2, -0.15) is 5.10 Å². The summed E-state index contributed by atoms with van der Waals surface area (Å²) in [6, 6.07) is 0. The minimum atomic E-state index is -4.20. The Hall–Kier alpha value is -0.690. The summed E-state index contributed by atoms with van der Waals surface area (Å²) in [5, 5.41) is 2.93. The summed E-state index contributed by atoms with van der Waals surface area (Å²) in [5.41, 5.74) is -0.677. The van der Waals surface area contributed by atoms with E-state index in [0.29, 0.717) is 0 Å². The molecule has 0 unspecified atom stereocenters. The minimum absolute atomic E-state index is 0.0401. The van der Waals surface area contributed by atoms with Gasteiger partial charge in [-0.25, -0.2) is 17.2 Å². The van der Waals surface area contributed by atoms with Crippen LogP contribution in [0.1, 0.15) is 17.7 Å². The largest absolute Gasteiger partial charge is 0.278 e. The lowest BCUT2D eigenvalue weighted by molar-refractivity contribution is 0.146. The lowest BCUT2D eigenvalue weighted by atomic mass is 10.3. The highest BCUT2D eigenvalue weighted by Crippen LogP contribution is 2.30. The van der Waals surface area contributed by atoms with Crippen molar-refractivity contribution in [2.75, 3.05) is 0 Å². The van der Waals surface area contributed by atoms with Gasteiger partial charge >= 0.3 is 0 Å². The average molecular weight is 245 g/mol. The van der Waals surface area contributed by atoms with Crippen LogP contribution in [0.4, 0.5) is 8.78 Å². The third-order valence-corrected chi connectivity index (χ3v) is 3.05. The van der Waals surface area contributed by atoms with Gasteiger partial charge in [0.25, 0.3) is 15.5 Å². The molecule has 14 heavy (non-hydrogen) atoms. The molecule has 0 radical (unpaired) electrons. The molecule has 1 aromatic rings. The van der Waals surface area contributed by atoms with Crippen LogP contribution in [0.2, 0.25) is 0 Å². The van der Waals surface area contributed by atoms with Crippen LogP contribution in [-0.4, -0.2) is 18.2 Å². The second-order valence-corrected chi connectivity index (χ2v) is 5.15. The molecule has 0 aliphatic carbocycles. The van der Waals surface area contributed by atoms with E-state index in [-0.39, 0.29) is 5.69 Å². The van der Waals surface area contributed by atoms with Crippen LogP contribution in [-0.2, 0) is 16.1 Å². The summed E-state index contributed by atoms with van der Waals surface area (Å²) >= 11 is 0. The van der Waals surface area contributed by atoms with Crippen molar-refractivity contribution < 1.29 is 17.2 Å². The number of hydrogen-bond donors (Lipinski definition) is 0. The molecule has 0 aliphatic heterocycles. The van der Waals surface area contributed by atoms with Crippen LogP contribution >= 0.6 is 10.7 Å². The summed E-state index contributed by atoms with van der Waals surface area (Å²) in [6.07, 6.45) is -2.91. The maximum atomic E-state index is 12.5. The second-order valence-electron chi connectivity index (χ2n) is 2.67. The number of nitrogens with zero attached hydrogens (tertiary/aromatic N) is 2. The highest BCUT2D eigenvalue weighted by atomic mass is 35.7. The molecule has 1 heterocycles. The Morgan fingerprint density at radius 2 is 2.00 bits per heavy atom. The smallest absolute Gasteiger partial charge is 0.255 e. The van der Waals surface area contributed by atoms with Crippen LogP contribution < -0.4 is 0 Å². The van der Waals surface area contributed by atoms with Gasteiger partial charge in [-0.1, -0.05) is 0 Å². The zero-order valence-corrected chi connectivity index (χ0v) is 8.90. The Kier molecular flexibility index (Phi) is 2.82. The van der Waals surface area contributed by atoms with Gasteiger partial charge in [0, 0.05) is 17.7 Å². The van der Waals surface area contributed by atoms with Gasteiger partial charge < -0.3 is 0 Å². The molecule has 0 aliphatic rings. The fraction of sp³-hybridized carbons (Fsp3) is 0.500. The molecule has 0 N–H and O–H groups in total. The lowest BCUT2D eigenvalue weighted by Crippen LogP contribution is -2.04. The predicted molar refractivity (Wildman–Crippen MR) is 45.9 cm³/mol. The molecule has 8 heteroatoms. The topological polar surface area (TPSA) is 52.0 Å². The van der Waals surface area contributed by atoms with E-state index in [2.05, 4.69) is 5.10 Å². The molecule has 80 valence electrons. The first kappa shape index (κ1) is 11.4. The van der Waals surface area contributed by atoms with Crippen molar-refractivity contribution in [3.63, 3.8) is 0 Å². The summed E-state index contributed by atoms with van der Waals surface area (Å²) in [4.78, 5) is 0. The number of halogens is 3. The molecule has 0 spiro atoms. The predicted octanol–water partition coefficient (Wildman–Crippen LogP) is 1.59. The monoisotopic (exact) mass is 244 g/mol. The summed E-state index contributed by atoms with van der Waals surface area (Å²) in [5.74, 6) is 0. The average Bonchev–Trinajstić information content (AvgIpc) is 2.23. The highest BCUT2D eigenvalue weighted by molar-refractivity contribution is 8.13. The highest BCUT2D eigenvalue weighted by Gasteiger charge is 2.29. The SMILES string of the molecule is Cc1nn(C)c(S(=O)(=O)Cl)c1C(F)F. The normalized spacial score (nSPS) is 12.4. The Bertz CT molecular complexity index is 455. The van der Waals surface area contributed by atoms with Gasteiger partial charge in [-0.05, 0) is 6.92 Å². The quantitative estimate of drug-likeness (QED) is 0.743. The van der Waals surface area contributed by atoms with Crippen LogP contribution in [0, 0.1) is 6.92 Å². The van der Waals surface area contributed by atoms with Crippen LogP contribution in [0.25, 0.3) is 0 Å². The van der Waals surface area contributed by atoms with Gasteiger partial charge in [0.2, 0.25) is 0 Å². The van der Waals surface area contributed by atoms with Crippen molar-refractivity contribution in [2.24, 2.45) is 7.05 Å². The molecule has 1 rings (SSSR count). The number of rotatable bonds is 2. The molecule has 0 aromatic carbocycles. The molecular formula is C6H7ClF2N2O2S. The molecule has 1 aromatic heterocycles. The summed E-state index contributed by atoms with van der Waals surface area (Å²) < 4.78 is 47.7. The fourth-order valence-corrected chi connectivity index (χ4v) is 2.60. The Morgan fingerprint density at radius 1 is 1.50 bits per heavy atom. The van der Waals surface area contributed by atoms with Gasteiger partial charge in [0.05, 0.1) is 11.3 Å². The number of alkyl halides is 2. The number of aromatic nitrogens is 2. The van der Waals surface area contributed by atoms with E-state index < -0.39 is 26.1 Å². The molecule has 0 saturated heterocycles. The van der Waals surface area contributed by atoms with Crippen molar-refractivity contribution in [3.8, 4) is 0 Å². The van der Waals surface area contributed by atoms with E-state index in [1.807, 2.05) is 0 Å². The molecule has 0 amide bonds. The van der Waals surface area contributed by atoms with Crippen LogP contribution in [0.15, 0.2) is 5.03 Å². The summed E-state index contributed by atoms with van der Waals surface area (Å²) in [6.45, 7) is 1.30. The lowest BCUT2D eigenvalue weighted by Gasteiger charge is -2.00. The van der Waals surface area contributed by atoms with E-state index >= 15 is 0 Å². The van der Waals surface area contributed by atoms with Gasteiger partial charge in [-0.3, -0.25) is 4.68 Å². The van der Waals surface area contributed by atoms with E-state index in [4.69, 9.17) is 10.7 Å². The zero-order chi connectivity index (χ0) is 11.1. The molecular weight excluding hydrogens is 238 g/mol. The third-order valence-electron chi connectivity index (χ3n) is 1.66. The van der Waals surface area contributed by atoms with Crippen molar-refractivity contribution >= 4 is 19.7 Å². The van der Waals surface area contributed by atoms with E-state index in [9.17, 15) is 17.2 Å². The Balaban J connectivity index is 3.57. The van der Waals surface area contributed by atoms with Crippen molar-refractivity contribution in [1.82, 2.24) is 9.78 Å². The molecule has 0 saturated carbocycles. The number of aryl methyl sites for hydroxylation is 2. The first-order valence-electron chi connectivity index (χ1n) is 3.51. The van der Waals surface area contributed by atoms with Gasteiger partial charge in [-0.15, -0.1) is 0 Å². The molecule has 0 fully saturated rings. The standard InChI is InChI=1S/C6H7ClF2N2O2S/c1-3-4(5(8)9)6(11(2)10-3)14(7,12)13/h5H,1-2H3. The van der Waals surface area contributed by atoms with Crippen LogP contribution in [0.3, 0.4) is 0 Å². The number of hydrogen-bond acceptors (Lipinski definition) is 3.